The molecule has 1 unspecified atom stereocenters. The normalized spacial score (nSPS) is 16.2. The second kappa shape index (κ2) is 9.69. The van der Waals surface area contributed by atoms with E-state index in [2.05, 4.69) is 28.7 Å². The number of hydrogen-bond donors (Lipinski definition) is 0. The molecule has 0 radical (unpaired) electrons. The van der Waals surface area contributed by atoms with Gasteiger partial charge in [-0.2, -0.15) is 0 Å². The van der Waals surface area contributed by atoms with Crippen molar-refractivity contribution in [3.8, 4) is 0 Å². The van der Waals surface area contributed by atoms with E-state index in [-0.39, 0.29) is 18.0 Å². The summed E-state index contributed by atoms with van der Waals surface area (Å²) in [5, 5.41) is 1.13. The van der Waals surface area contributed by atoms with Gasteiger partial charge in [-0.05, 0) is 43.0 Å². The van der Waals surface area contributed by atoms with Crippen LogP contribution in [-0.2, 0) is 27.4 Å². The van der Waals surface area contributed by atoms with Crippen LogP contribution in [-0.4, -0.2) is 36.0 Å². The molecule has 0 saturated carbocycles. The molecule has 0 N–H and O–H groups in total. The second-order valence-corrected chi connectivity index (χ2v) is 7.79. The number of pyridine rings is 1. The topological polar surface area (TPSA) is 45.5 Å². The average molecular weight is 413 g/mol. The van der Waals surface area contributed by atoms with Gasteiger partial charge in [-0.3, -0.25) is 4.98 Å². The summed E-state index contributed by atoms with van der Waals surface area (Å²) in [4.78, 5) is 4.67. The summed E-state index contributed by atoms with van der Waals surface area (Å²) in [6.45, 7) is 4.81. The Balaban J connectivity index is 1.65. The molecule has 3 heterocycles. The summed E-state index contributed by atoms with van der Waals surface area (Å²) in [6, 6.07) is 8.75. The molecule has 1 aliphatic rings. The van der Waals surface area contributed by atoms with Crippen molar-refractivity contribution in [2.24, 2.45) is 0 Å². The van der Waals surface area contributed by atoms with E-state index < -0.39 is 0 Å². The lowest BCUT2D eigenvalue weighted by Crippen LogP contribution is -2.23. The Morgan fingerprint density at radius 1 is 1.23 bits per heavy atom. The summed E-state index contributed by atoms with van der Waals surface area (Å²) in [5.41, 5.74) is 4.14. The predicted octanol–water partition coefficient (Wildman–Crippen LogP) is 5.02. The molecule has 160 valence electrons. The first kappa shape index (κ1) is 21.0. The van der Waals surface area contributed by atoms with Gasteiger partial charge in [-0.15, -0.1) is 0 Å². The minimum atomic E-state index is -0.224. The van der Waals surface area contributed by atoms with Gasteiger partial charge in [-0.25, -0.2) is 4.39 Å². The Labute approximate surface area is 176 Å². The zero-order valence-corrected chi connectivity index (χ0v) is 17.6. The molecular formula is C24H29FN2O3. The van der Waals surface area contributed by atoms with Crippen LogP contribution in [0.4, 0.5) is 4.39 Å². The highest BCUT2D eigenvalue weighted by molar-refractivity contribution is 5.83. The van der Waals surface area contributed by atoms with Crippen LogP contribution < -0.4 is 0 Å². The summed E-state index contributed by atoms with van der Waals surface area (Å²) >= 11 is 0. The van der Waals surface area contributed by atoms with Crippen LogP contribution in [0.2, 0.25) is 0 Å². The third-order valence-corrected chi connectivity index (χ3v) is 5.77. The molecule has 0 spiro atoms. The summed E-state index contributed by atoms with van der Waals surface area (Å²) < 4.78 is 32.7. The van der Waals surface area contributed by atoms with Crippen LogP contribution >= 0.6 is 0 Å². The number of hydrogen-bond acceptors (Lipinski definition) is 4. The molecule has 5 nitrogen and oxygen atoms in total. The number of halogens is 1. The van der Waals surface area contributed by atoms with E-state index in [4.69, 9.17) is 14.2 Å². The van der Waals surface area contributed by atoms with Crippen LogP contribution in [0.25, 0.3) is 10.9 Å². The first-order chi connectivity index (χ1) is 14.7. The number of aromatic nitrogens is 2. The average Bonchev–Trinajstić information content (AvgIpc) is 3.12. The van der Waals surface area contributed by atoms with Gasteiger partial charge in [0.05, 0.1) is 36.2 Å². The molecule has 4 rings (SSSR count). The van der Waals surface area contributed by atoms with Gasteiger partial charge in [0.2, 0.25) is 0 Å². The fourth-order valence-electron chi connectivity index (χ4n) is 4.03. The molecule has 0 aliphatic carbocycles. The zero-order valence-electron chi connectivity index (χ0n) is 17.6. The first-order valence-corrected chi connectivity index (χ1v) is 10.6. The van der Waals surface area contributed by atoms with Gasteiger partial charge < -0.3 is 18.8 Å². The van der Waals surface area contributed by atoms with Crippen molar-refractivity contribution in [3.05, 3.63) is 65.4 Å². The summed E-state index contributed by atoms with van der Waals surface area (Å²) in [6.07, 6.45) is 6.97. The van der Waals surface area contributed by atoms with Gasteiger partial charge in [0.1, 0.15) is 5.82 Å². The number of ether oxygens (including phenoxy) is 3. The number of rotatable bonds is 8. The highest BCUT2D eigenvalue weighted by Gasteiger charge is 2.18. The molecular weight excluding hydrogens is 383 g/mol. The maximum atomic E-state index is 13.3. The van der Waals surface area contributed by atoms with E-state index in [1.54, 1.807) is 7.11 Å². The van der Waals surface area contributed by atoms with Crippen LogP contribution in [0.1, 0.15) is 49.1 Å². The fraction of sp³-hybridized carbons (Fsp3) is 0.458. The number of fused-ring (bicyclic) bond motifs is 1. The minimum Gasteiger partial charge on any atom is -0.381 e. The van der Waals surface area contributed by atoms with Crippen molar-refractivity contribution in [1.82, 2.24) is 9.55 Å². The van der Waals surface area contributed by atoms with Gasteiger partial charge in [0.15, 0.2) is 0 Å². The molecule has 30 heavy (non-hydrogen) atoms. The maximum absolute atomic E-state index is 13.3. The molecule has 0 amide bonds. The number of nitrogens with zero attached hydrogens (tertiary/aromatic N) is 2. The molecule has 2 aromatic heterocycles. The molecule has 1 fully saturated rings. The van der Waals surface area contributed by atoms with Crippen molar-refractivity contribution in [3.63, 3.8) is 0 Å². The molecule has 0 bridgehead atoms. The Morgan fingerprint density at radius 3 is 2.70 bits per heavy atom. The Hall–Kier alpha value is -2.28. The van der Waals surface area contributed by atoms with Gasteiger partial charge in [-0.1, -0.05) is 19.1 Å². The van der Waals surface area contributed by atoms with Crippen LogP contribution in [0.15, 0.2) is 42.7 Å². The number of benzene rings is 1. The lowest BCUT2D eigenvalue weighted by molar-refractivity contribution is -0.0387. The van der Waals surface area contributed by atoms with Crippen molar-refractivity contribution < 1.29 is 18.6 Å². The molecule has 1 aliphatic heterocycles. The fourth-order valence-corrected chi connectivity index (χ4v) is 4.03. The van der Waals surface area contributed by atoms with E-state index in [1.807, 2.05) is 18.3 Å². The standard InChI is InChI=1S/C24H29FN2O3/c1-3-24(28-2)22-12-21-18(16-30-20-8-10-29-11-9-20)15-27(23(21)13-26-22)14-17-4-6-19(25)7-5-17/h4-7,12-13,15,20,24H,3,8-11,14,16H2,1-2H3. The quantitative estimate of drug-likeness (QED) is 0.521. The highest BCUT2D eigenvalue weighted by atomic mass is 19.1. The zero-order chi connectivity index (χ0) is 20.9. The lowest BCUT2D eigenvalue weighted by atomic mass is 10.1. The predicted molar refractivity (Wildman–Crippen MR) is 114 cm³/mol. The van der Waals surface area contributed by atoms with E-state index >= 15 is 0 Å². The van der Waals surface area contributed by atoms with Gasteiger partial charge >= 0.3 is 0 Å². The molecule has 1 atom stereocenters. The Morgan fingerprint density at radius 2 is 2.00 bits per heavy atom. The maximum Gasteiger partial charge on any atom is 0.123 e. The van der Waals surface area contributed by atoms with E-state index in [0.29, 0.717) is 13.2 Å². The van der Waals surface area contributed by atoms with E-state index in [9.17, 15) is 4.39 Å². The second-order valence-electron chi connectivity index (χ2n) is 7.79. The Bertz CT molecular complexity index is 960. The van der Waals surface area contributed by atoms with Gasteiger partial charge in [0, 0.05) is 44.0 Å². The first-order valence-electron chi connectivity index (χ1n) is 10.6. The summed E-state index contributed by atoms with van der Waals surface area (Å²) in [7, 11) is 1.72. The Kier molecular flexibility index (Phi) is 6.77. The van der Waals surface area contributed by atoms with Gasteiger partial charge in [0.25, 0.3) is 0 Å². The van der Waals surface area contributed by atoms with E-state index in [0.717, 1.165) is 60.2 Å². The van der Waals surface area contributed by atoms with Crippen molar-refractivity contribution >= 4 is 10.9 Å². The minimum absolute atomic E-state index is 0.0286. The summed E-state index contributed by atoms with van der Waals surface area (Å²) in [5.74, 6) is -0.224. The molecule has 1 saturated heterocycles. The third-order valence-electron chi connectivity index (χ3n) is 5.77. The monoisotopic (exact) mass is 412 g/mol. The smallest absolute Gasteiger partial charge is 0.123 e. The van der Waals surface area contributed by atoms with Crippen molar-refractivity contribution in [2.75, 3.05) is 20.3 Å². The van der Waals surface area contributed by atoms with Crippen LogP contribution in [0.3, 0.4) is 0 Å². The molecule has 3 aromatic rings. The van der Waals surface area contributed by atoms with Crippen LogP contribution in [0, 0.1) is 5.82 Å². The number of methoxy groups -OCH3 is 1. The van der Waals surface area contributed by atoms with Crippen molar-refractivity contribution in [2.45, 2.75) is 51.5 Å². The highest BCUT2D eigenvalue weighted by Crippen LogP contribution is 2.28. The molecule has 6 heteroatoms. The van der Waals surface area contributed by atoms with E-state index in [1.165, 1.54) is 12.1 Å². The van der Waals surface area contributed by atoms with Crippen molar-refractivity contribution in [1.29, 1.82) is 0 Å². The largest absolute Gasteiger partial charge is 0.381 e. The lowest BCUT2D eigenvalue weighted by Gasteiger charge is -2.22. The third kappa shape index (κ3) is 4.72. The molecule has 1 aromatic carbocycles. The van der Waals surface area contributed by atoms with Crippen LogP contribution in [0.5, 0.6) is 0 Å². The SMILES string of the molecule is CCC(OC)c1cc2c(COC3CCOCC3)cn(Cc3ccc(F)cc3)c2cn1.